The lowest BCUT2D eigenvalue weighted by Crippen LogP contribution is -3.00. The summed E-state index contributed by atoms with van der Waals surface area (Å²) in [5.74, 6) is 0.460. The zero-order valence-corrected chi connectivity index (χ0v) is 14.0. The molecule has 1 aliphatic rings. The van der Waals surface area contributed by atoms with Gasteiger partial charge in [-0.2, -0.15) is 0 Å². The third-order valence-electron chi connectivity index (χ3n) is 4.34. The molecule has 0 aliphatic carbocycles. The number of methoxy groups -OCH3 is 1. The number of halogens is 1. The van der Waals surface area contributed by atoms with Crippen LogP contribution in [0.1, 0.15) is 37.6 Å². The lowest BCUT2D eigenvalue weighted by atomic mass is 9.90. The largest absolute Gasteiger partial charge is 1.00 e. The molecule has 0 spiro atoms. The standard InChI is InChI=1S/C17H22N2O2.ClH/c1-10(2)8-14-16-12(9-15(18-14)17(20)21-3)11-6-4-5-7-13(11)19-16;/h4-7,10,14-15,18-19H,8-9H2,1-3H3;1H. The second-order valence-electron chi connectivity index (χ2n) is 6.33. The minimum atomic E-state index is -0.134. The van der Waals surface area contributed by atoms with Gasteiger partial charge in [-0.3, -0.25) is 0 Å². The molecule has 0 fully saturated rings. The van der Waals surface area contributed by atoms with E-state index in [0.29, 0.717) is 12.0 Å². The van der Waals surface area contributed by atoms with Gasteiger partial charge >= 0.3 is 5.97 Å². The van der Waals surface area contributed by atoms with Crippen molar-refractivity contribution in [2.45, 2.75) is 38.8 Å². The molecular weight excluding hydrogens is 300 g/mol. The molecule has 2 aromatic rings. The van der Waals surface area contributed by atoms with Gasteiger partial charge in [0.15, 0.2) is 6.04 Å². The summed E-state index contributed by atoms with van der Waals surface area (Å²) in [5, 5.41) is 3.41. The van der Waals surface area contributed by atoms with Gasteiger partial charge in [0.1, 0.15) is 6.04 Å². The van der Waals surface area contributed by atoms with Gasteiger partial charge in [0.2, 0.25) is 0 Å². The minimum absolute atomic E-state index is 0. The Labute approximate surface area is 137 Å². The predicted octanol–water partition coefficient (Wildman–Crippen LogP) is -1.08. The average Bonchev–Trinajstić information content (AvgIpc) is 2.85. The number of benzene rings is 1. The van der Waals surface area contributed by atoms with Crippen molar-refractivity contribution in [2.75, 3.05) is 7.11 Å². The summed E-state index contributed by atoms with van der Waals surface area (Å²) in [5.41, 5.74) is 3.73. The van der Waals surface area contributed by atoms with Crippen LogP contribution in [0.2, 0.25) is 0 Å². The molecule has 1 aromatic heterocycles. The Morgan fingerprint density at radius 1 is 1.41 bits per heavy atom. The number of nitrogens with two attached hydrogens (primary N) is 1. The third kappa shape index (κ3) is 2.99. The highest BCUT2D eigenvalue weighted by Gasteiger charge is 2.37. The number of ether oxygens (including phenoxy) is 1. The molecule has 2 heterocycles. The van der Waals surface area contributed by atoms with Crippen molar-refractivity contribution in [3.63, 3.8) is 0 Å². The van der Waals surface area contributed by atoms with E-state index >= 15 is 0 Å². The predicted molar refractivity (Wildman–Crippen MR) is 81.9 cm³/mol. The van der Waals surface area contributed by atoms with Crippen LogP contribution in [0.25, 0.3) is 10.9 Å². The fraction of sp³-hybridized carbons (Fsp3) is 0.471. The van der Waals surface area contributed by atoms with E-state index in [1.165, 1.54) is 23.8 Å². The summed E-state index contributed by atoms with van der Waals surface area (Å²) < 4.78 is 4.97. The molecule has 0 saturated heterocycles. The maximum absolute atomic E-state index is 12.0. The summed E-state index contributed by atoms with van der Waals surface area (Å²) >= 11 is 0. The number of para-hydroxylation sites is 1. The molecule has 5 heteroatoms. The Hall–Kier alpha value is -1.52. The highest BCUT2D eigenvalue weighted by Crippen LogP contribution is 2.31. The number of quaternary nitrogens is 1. The van der Waals surface area contributed by atoms with Gasteiger partial charge in [0.25, 0.3) is 0 Å². The van der Waals surface area contributed by atoms with Crippen LogP contribution in [-0.2, 0) is 16.0 Å². The normalized spacial score (nSPS) is 20.5. The number of carbonyl (C=O) groups is 1. The summed E-state index contributed by atoms with van der Waals surface area (Å²) in [6.45, 7) is 4.44. The summed E-state index contributed by atoms with van der Waals surface area (Å²) in [6, 6.07) is 8.50. The average molecular weight is 323 g/mol. The number of aromatic amines is 1. The molecule has 3 rings (SSSR count). The molecule has 4 nitrogen and oxygen atoms in total. The van der Waals surface area contributed by atoms with Crippen LogP contribution >= 0.6 is 0 Å². The van der Waals surface area contributed by atoms with Crippen molar-refractivity contribution in [3.05, 3.63) is 35.5 Å². The maximum Gasteiger partial charge on any atom is 0.364 e. The minimum Gasteiger partial charge on any atom is -1.00 e. The Morgan fingerprint density at radius 3 is 2.82 bits per heavy atom. The van der Waals surface area contributed by atoms with Gasteiger partial charge in [0, 0.05) is 23.7 Å². The van der Waals surface area contributed by atoms with Crippen molar-refractivity contribution < 1.29 is 27.3 Å². The van der Waals surface area contributed by atoms with Crippen molar-refractivity contribution in [3.8, 4) is 0 Å². The summed E-state index contributed by atoms with van der Waals surface area (Å²) in [4.78, 5) is 15.6. The Balaban J connectivity index is 0.00000176. The van der Waals surface area contributed by atoms with Gasteiger partial charge in [-0.05, 0) is 17.5 Å². The van der Waals surface area contributed by atoms with E-state index in [1.807, 2.05) is 6.07 Å². The number of hydrogen-bond donors (Lipinski definition) is 2. The van der Waals surface area contributed by atoms with Gasteiger partial charge in [0.05, 0.1) is 12.8 Å². The van der Waals surface area contributed by atoms with E-state index in [1.54, 1.807) is 0 Å². The lowest BCUT2D eigenvalue weighted by molar-refractivity contribution is -0.722. The van der Waals surface area contributed by atoms with Crippen LogP contribution in [-0.4, -0.2) is 24.1 Å². The number of aromatic nitrogens is 1. The SMILES string of the molecule is COC(=O)C1Cc2c([nH]c3ccccc23)C(CC(C)C)[NH2+]1.[Cl-]. The number of H-pyrrole nitrogens is 1. The monoisotopic (exact) mass is 322 g/mol. The molecule has 22 heavy (non-hydrogen) atoms. The van der Waals surface area contributed by atoms with Crippen LogP contribution in [0.4, 0.5) is 0 Å². The van der Waals surface area contributed by atoms with Crippen LogP contribution < -0.4 is 17.7 Å². The van der Waals surface area contributed by atoms with E-state index < -0.39 is 0 Å². The zero-order valence-electron chi connectivity index (χ0n) is 13.2. The molecule has 3 N–H and O–H groups in total. The Bertz CT molecular complexity index is 666. The van der Waals surface area contributed by atoms with Crippen molar-refractivity contribution in [2.24, 2.45) is 5.92 Å². The first kappa shape index (κ1) is 16.8. The molecular formula is C17H23ClN2O2. The second-order valence-corrected chi connectivity index (χ2v) is 6.33. The van der Waals surface area contributed by atoms with E-state index in [2.05, 4.69) is 42.3 Å². The number of nitrogens with one attached hydrogen (secondary N) is 1. The number of esters is 1. The van der Waals surface area contributed by atoms with E-state index in [-0.39, 0.29) is 24.4 Å². The fourth-order valence-electron chi connectivity index (χ4n) is 3.44. The van der Waals surface area contributed by atoms with Crippen molar-refractivity contribution in [1.82, 2.24) is 4.98 Å². The maximum atomic E-state index is 12.0. The first-order valence-electron chi connectivity index (χ1n) is 7.62. The molecule has 0 amide bonds. The number of hydrogen-bond acceptors (Lipinski definition) is 2. The van der Waals surface area contributed by atoms with Gasteiger partial charge in [-0.15, -0.1) is 0 Å². The summed E-state index contributed by atoms with van der Waals surface area (Å²) in [6.07, 6.45) is 1.79. The molecule has 0 saturated carbocycles. The molecule has 2 unspecified atom stereocenters. The number of carbonyl (C=O) groups excluding carboxylic acids is 1. The smallest absolute Gasteiger partial charge is 0.364 e. The van der Waals surface area contributed by atoms with Crippen LogP contribution in [0.5, 0.6) is 0 Å². The van der Waals surface area contributed by atoms with E-state index in [0.717, 1.165) is 18.4 Å². The van der Waals surface area contributed by atoms with Crippen molar-refractivity contribution in [1.29, 1.82) is 0 Å². The van der Waals surface area contributed by atoms with Crippen LogP contribution in [0.3, 0.4) is 0 Å². The topological polar surface area (TPSA) is 58.7 Å². The fourth-order valence-corrected chi connectivity index (χ4v) is 3.44. The zero-order chi connectivity index (χ0) is 15.0. The first-order chi connectivity index (χ1) is 10.1. The molecule has 0 bridgehead atoms. The molecule has 0 radical (unpaired) electrons. The van der Waals surface area contributed by atoms with E-state index in [4.69, 9.17) is 4.74 Å². The first-order valence-corrected chi connectivity index (χ1v) is 7.62. The van der Waals surface area contributed by atoms with Crippen molar-refractivity contribution >= 4 is 16.9 Å². The third-order valence-corrected chi connectivity index (χ3v) is 4.34. The molecule has 2 atom stereocenters. The van der Waals surface area contributed by atoms with Gasteiger partial charge in [-0.1, -0.05) is 32.0 Å². The second kappa shape index (κ2) is 6.71. The van der Waals surface area contributed by atoms with E-state index in [9.17, 15) is 4.79 Å². The highest BCUT2D eigenvalue weighted by atomic mass is 35.5. The van der Waals surface area contributed by atoms with Gasteiger partial charge < -0.3 is 27.4 Å². The van der Waals surface area contributed by atoms with Crippen LogP contribution in [0, 0.1) is 5.92 Å². The molecule has 1 aromatic carbocycles. The number of fused-ring (bicyclic) bond motifs is 3. The van der Waals surface area contributed by atoms with Crippen LogP contribution in [0.15, 0.2) is 24.3 Å². The number of rotatable bonds is 3. The Morgan fingerprint density at radius 2 is 2.14 bits per heavy atom. The molecule has 120 valence electrons. The molecule has 1 aliphatic heterocycles. The van der Waals surface area contributed by atoms with Gasteiger partial charge in [-0.25, -0.2) is 4.79 Å². The summed E-state index contributed by atoms with van der Waals surface area (Å²) in [7, 11) is 1.47. The lowest BCUT2D eigenvalue weighted by Gasteiger charge is -2.27. The highest BCUT2D eigenvalue weighted by molar-refractivity contribution is 5.86. The Kier molecular flexibility index (Phi) is 5.14. The quantitative estimate of drug-likeness (QED) is 0.706.